The minimum Gasteiger partial charge on any atom is -0.382 e. The van der Waals surface area contributed by atoms with E-state index in [4.69, 9.17) is 10.8 Å². The van der Waals surface area contributed by atoms with E-state index in [-0.39, 0.29) is 29.2 Å². The Morgan fingerprint density at radius 3 is 2.43 bits per heavy atom. The summed E-state index contributed by atoms with van der Waals surface area (Å²) in [6.45, 7) is 4.92. The highest BCUT2D eigenvalue weighted by Crippen LogP contribution is 2.44. The Morgan fingerprint density at radius 1 is 0.976 bits per heavy atom. The third kappa shape index (κ3) is 4.70. The maximum atomic E-state index is 13.5. The summed E-state index contributed by atoms with van der Waals surface area (Å²) >= 11 is 0. The zero-order valence-electron chi connectivity index (χ0n) is 24.2. The highest BCUT2D eigenvalue weighted by atomic mass is 16.2. The zero-order valence-corrected chi connectivity index (χ0v) is 24.2. The van der Waals surface area contributed by atoms with Gasteiger partial charge in [-0.3, -0.25) is 9.59 Å². The van der Waals surface area contributed by atoms with Crippen LogP contribution in [0.5, 0.6) is 0 Å². The van der Waals surface area contributed by atoms with Gasteiger partial charge in [0.25, 0.3) is 5.91 Å². The first-order valence-electron chi connectivity index (χ1n) is 15.1. The first-order valence-corrected chi connectivity index (χ1v) is 15.1. The number of amides is 2. The second-order valence-electron chi connectivity index (χ2n) is 12.6. The van der Waals surface area contributed by atoms with Crippen LogP contribution in [0.4, 0.5) is 11.6 Å². The highest BCUT2D eigenvalue weighted by Gasteiger charge is 2.44. The SMILES string of the molecule is C[C@H]1CC[C@@H](c2nn(-c3ccc(C(=O)Nc4cc(C5CC5)ccn4)cc3)c3c(N)nccc23)CN1C(=O)C1(C)CCC1. The molecule has 4 heterocycles. The molecule has 0 spiro atoms. The minimum absolute atomic E-state index is 0.100. The summed E-state index contributed by atoms with van der Waals surface area (Å²) in [7, 11) is 0. The number of anilines is 2. The van der Waals surface area contributed by atoms with Crippen LogP contribution < -0.4 is 11.1 Å². The number of pyridine rings is 2. The Morgan fingerprint density at radius 2 is 1.71 bits per heavy atom. The summed E-state index contributed by atoms with van der Waals surface area (Å²) in [4.78, 5) is 37.3. The molecule has 4 aromatic rings. The first-order chi connectivity index (χ1) is 20.3. The molecule has 1 aliphatic heterocycles. The molecule has 216 valence electrons. The summed E-state index contributed by atoms with van der Waals surface area (Å²) in [5.74, 6) is 1.72. The number of aromatic nitrogens is 4. The third-order valence-electron chi connectivity index (χ3n) is 9.60. The molecule has 2 aliphatic carbocycles. The summed E-state index contributed by atoms with van der Waals surface area (Å²) in [5.41, 5.74) is 10.4. The molecular weight excluding hydrogens is 526 g/mol. The van der Waals surface area contributed by atoms with Gasteiger partial charge in [-0.05, 0) is 99.4 Å². The van der Waals surface area contributed by atoms with Gasteiger partial charge in [0.1, 0.15) is 17.2 Å². The number of nitrogens with zero attached hydrogens (tertiary/aromatic N) is 5. The number of carbonyl (C=O) groups excluding carboxylic acids is 2. The van der Waals surface area contributed by atoms with Gasteiger partial charge in [-0.25, -0.2) is 14.6 Å². The molecule has 3 fully saturated rings. The number of fused-ring (bicyclic) bond motifs is 1. The van der Waals surface area contributed by atoms with Crippen molar-refractivity contribution in [2.75, 3.05) is 17.6 Å². The maximum Gasteiger partial charge on any atom is 0.256 e. The lowest BCUT2D eigenvalue weighted by molar-refractivity contribution is -0.150. The third-order valence-corrected chi connectivity index (χ3v) is 9.60. The van der Waals surface area contributed by atoms with Crippen LogP contribution >= 0.6 is 0 Å². The molecule has 3 N–H and O–H groups in total. The van der Waals surface area contributed by atoms with Gasteiger partial charge in [0.05, 0.1) is 11.4 Å². The fourth-order valence-electron chi connectivity index (χ4n) is 6.61. The van der Waals surface area contributed by atoms with Crippen molar-refractivity contribution in [1.29, 1.82) is 0 Å². The van der Waals surface area contributed by atoms with E-state index in [0.717, 1.165) is 54.4 Å². The smallest absolute Gasteiger partial charge is 0.256 e. The Bertz CT molecular complexity index is 1670. The fourth-order valence-corrected chi connectivity index (χ4v) is 6.61. The number of hydrogen-bond acceptors (Lipinski definition) is 6. The van der Waals surface area contributed by atoms with Crippen LogP contribution in [0.15, 0.2) is 54.9 Å². The summed E-state index contributed by atoms with van der Waals surface area (Å²) in [6, 6.07) is 13.5. The molecule has 42 heavy (non-hydrogen) atoms. The fraction of sp³-hybridized carbons (Fsp3) is 0.424. The van der Waals surface area contributed by atoms with Crippen molar-refractivity contribution in [2.24, 2.45) is 5.41 Å². The predicted molar refractivity (Wildman–Crippen MR) is 163 cm³/mol. The van der Waals surface area contributed by atoms with E-state index in [2.05, 4.69) is 34.0 Å². The highest BCUT2D eigenvalue weighted by molar-refractivity contribution is 6.04. The van der Waals surface area contributed by atoms with Gasteiger partial charge in [0.2, 0.25) is 5.91 Å². The molecule has 2 amide bonds. The Hall–Kier alpha value is -4.27. The number of piperidine rings is 1. The zero-order chi connectivity index (χ0) is 29.0. The Balaban J connectivity index is 1.16. The number of carbonyl (C=O) groups is 2. The lowest BCUT2D eigenvalue weighted by Crippen LogP contribution is -2.52. The quantitative estimate of drug-likeness (QED) is 0.306. The standard InChI is InChI=1S/C33H37N7O2/c1-20-4-5-24(19-39(20)32(42)33(2)14-3-15-33)28-26-13-17-36-30(34)29(26)40(38-28)25-10-8-22(9-11-25)31(41)37-27-18-23(12-16-35-27)21-6-7-21/h8-13,16-18,20-21,24H,3-7,14-15,19H2,1-2H3,(H2,34,36)(H,35,37,41)/t20-,24+/m0/s1. The minimum atomic E-state index is -0.226. The average Bonchev–Trinajstić information content (AvgIpc) is 3.76. The number of nitrogen functional groups attached to an aromatic ring is 1. The van der Waals surface area contributed by atoms with Crippen molar-refractivity contribution in [1.82, 2.24) is 24.6 Å². The molecular formula is C33H37N7O2. The summed E-state index contributed by atoms with van der Waals surface area (Å²) in [6.07, 6.45) is 10.8. The molecule has 3 aromatic heterocycles. The number of rotatable bonds is 6. The summed E-state index contributed by atoms with van der Waals surface area (Å²) < 4.78 is 1.83. The molecule has 7 rings (SSSR count). The summed E-state index contributed by atoms with van der Waals surface area (Å²) in [5, 5.41) is 8.96. The van der Waals surface area contributed by atoms with Crippen LogP contribution in [0, 0.1) is 5.41 Å². The van der Waals surface area contributed by atoms with Gasteiger partial charge < -0.3 is 16.0 Å². The van der Waals surface area contributed by atoms with Crippen LogP contribution in [0.25, 0.3) is 16.6 Å². The van der Waals surface area contributed by atoms with Crippen molar-refractivity contribution >= 4 is 34.4 Å². The maximum absolute atomic E-state index is 13.5. The van der Waals surface area contributed by atoms with Crippen molar-refractivity contribution in [3.05, 3.63) is 71.7 Å². The van der Waals surface area contributed by atoms with Crippen molar-refractivity contribution in [2.45, 2.75) is 76.7 Å². The average molecular weight is 564 g/mol. The number of nitrogens with two attached hydrogens (primary N) is 1. The van der Waals surface area contributed by atoms with Gasteiger partial charge in [-0.2, -0.15) is 5.10 Å². The number of nitrogens with one attached hydrogen (secondary N) is 1. The second kappa shape index (κ2) is 10.2. The van der Waals surface area contributed by atoms with Crippen LogP contribution in [0.2, 0.25) is 0 Å². The van der Waals surface area contributed by atoms with Gasteiger partial charge in [0, 0.05) is 47.3 Å². The van der Waals surface area contributed by atoms with E-state index in [9.17, 15) is 9.59 Å². The monoisotopic (exact) mass is 563 g/mol. The Labute approximate surface area is 245 Å². The van der Waals surface area contributed by atoms with Crippen LogP contribution in [0.3, 0.4) is 0 Å². The van der Waals surface area contributed by atoms with E-state index in [0.29, 0.717) is 29.7 Å². The largest absolute Gasteiger partial charge is 0.382 e. The van der Waals surface area contributed by atoms with Gasteiger partial charge in [-0.15, -0.1) is 0 Å². The molecule has 0 bridgehead atoms. The number of likely N-dealkylation sites (tertiary alicyclic amines) is 1. The predicted octanol–water partition coefficient (Wildman–Crippen LogP) is 5.81. The molecule has 0 unspecified atom stereocenters. The molecule has 2 saturated carbocycles. The van der Waals surface area contributed by atoms with Gasteiger partial charge in [0.15, 0.2) is 0 Å². The van der Waals surface area contributed by atoms with Crippen molar-refractivity contribution in [3.63, 3.8) is 0 Å². The topological polar surface area (TPSA) is 119 Å². The molecule has 9 nitrogen and oxygen atoms in total. The second-order valence-corrected chi connectivity index (χ2v) is 12.6. The molecule has 1 saturated heterocycles. The van der Waals surface area contributed by atoms with E-state index in [1.165, 1.54) is 18.4 Å². The van der Waals surface area contributed by atoms with E-state index >= 15 is 0 Å². The molecule has 0 radical (unpaired) electrons. The van der Waals surface area contributed by atoms with Crippen LogP contribution in [-0.2, 0) is 4.79 Å². The lowest BCUT2D eigenvalue weighted by Gasteiger charge is -2.46. The van der Waals surface area contributed by atoms with E-state index < -0.39 is 0 Å². The van der Waals surface area contributed by atoms with Gasteiger partial charge >= 0.3 is 0 Å². The van der Waals surface area contributed by atoms with Crippen LogP contribution in [0.1, 0.15) is 92.2 Å². The van der Waals surface area contributed by atoms with Gasteiger partial charge in [-0.1, -0.05) is 13.3 Å². The normalized spacial score (nSPS) is 21.6. The van der Waals surface area contributed by atoms with E-state index in [1.54, 1.807) is 24.5 Å². The van der Waals surface area contributed by atoms with E-state index in [1.807, 2.05) is 35.0 Å². The Kier molecular flexibility index (Phi) is 6.48. The van der Waals surface area contributed by atoms with Crippen molar-refractivity contribution < 1.29 is 9.59 Å². The molecule has 9 heteroatoms. The molecule has 3 aliphatic rings. The van der Waals surface area contributed by atoms with Crippen LogP contribution in [-0.4, -0.2) is 49.0 Å². The molecule has 2 atom stereocenters. The lowest BCUT2D eigenvalue weighted by atomic mass is 9.69. The number of hydrogen-bond donors (Lipinski definition) is 2. The van der Waals surface area contributed by atoms with Crippen molar-refractivity contribution in [3.8, 4) is 5.69 Å². The number of benzene rings is 1. The first kappa shape index (κ1) is 26.6. The molecule has 1 aromatic carbocycles.